The van der Waals surface area contributed by atoms with Gasteiger partial charge in [0, 0.05) is 30.8 Å². The second-order valence-corrected chi connectivity index (χ2v) is 8.39. The Balaban J connectivity index is 2.13. The number of nitrogens with one attached hydrogen (secondary N) is 1. The minimum Gasteiger partial charge on any atom is -0.487 e. The summed E-state index contributed by atoms with van der Waals surface area (Å²) < 4.78 is 54.6. The van der Waals surface area contributed by atoms with Crippen LogP contribution in [-0.4, -0.2) is 50.1 Å². The minimum atomic E-state index is -2.90. The Labute approximate surface area is 185 Å². The van der Waals surface area contributed by atoms with Gasteiger partial charge in [0.25, 0.3) is 12.3 Å². The predicted molar refractivity (Wildman–Crippen MR) is 116 cm³/mol. The highest BCUT2D eigenvalue weighted by Crippen LogP contribution is 2.30. The molecule has 2 amide bonds. The molecule has 0 aromatic heterocycles. The van der Waals surface area contributed by atoms with Crippen molar-refractivity contribution in [1.29, 1.82) is 0 Å². The zero-order chi connectivity index (χ0) is 23.4. The molecule has 0 spiro atoms. The van der Waals surface area contributed by atoms with Gasteiger partial charge in [-0.2, -0.15) is 8.42 Å². The highest BCUT2D eigenvalue weighted by Gasteiger charge is 2.27. The van der Waals surface area contributed by atoms with Crippen LogP contribution in [-0.2, 0) is 32.8 Å². The van der Waals surface area contributed by atoms with E-state index in [0.717, 1.165) is 5.56 Å². The summed E-state index contributed by atoms with van der Waals surface area (Å²) in [6.07, 6.45) is -2.73. The normalized spacial score (nSPS) is 17.1. The third-order valence-electron chi connectivity index (χ3n) is 5.09. The van der Waals surface area contributed by atoms with Crippen molar-refractivity contribution < 1.29 is 31.5 Å². The fourth-order valence-electron chi connectivity index (χ4n) is 3.50. The van der Waals surface area contributed by atoms with Crippen LogP contribution in [0.4, 0.5) is 14.5 Å². The van der Waals surface area contributed by atoms with E-state index < -0.39 is 40.0 Å². The van der Waals surface area contributed by atoms with Gasteiger partial charge in [0.2, 0.25) is 16.2 Å². The van der Waals surface area contributed by atoms with E-state index in [4.69, 9.17) is 4.74 Å². The van der Waals surface area contributed by atoms with Gasteiger partial charge in [-0.15, -0.1) is 0 Å². The number of halogens is 2. The number of likely N-dealkylation sites (N-methyl/N-ethyl adjacent to an activating group) is 1. The molecule has 1 unspecified atom stereocenters. The molecule has 0 radical (unpaired) electrons. The maximum Gasteiger partial charge on any atom is 0.272 e. The summed E-state index contributed by atoms with van der Waals surface area (Å²) >= 11 is 0. The van der Waals surface area contributed by atoms with E-state index >= 15 is 0 Å². The molecule has 1 aliphatic rings. The lowest BCUT2D eigenvalue weighted by molar-refractivity contribution is -0.129. The Hall–Kier alpha value is -3.27. The average Bonchev–Trinajstić information content (AvgIpc) is 2.72. The number of carbonyl (C=O) groups is 2. The number of benzene rings is 2. The van der Waals surface area contributed by atoms with Gasteiger partial charge in [-0.05, 0) is 29.3 Å². The Morgan fingerprint density at radius 3 is 2.59 bits per heavy atom. The van der Waals surface area contributed by atoms with Crippen molar-refractivity contribution in [2.75, 3.05) is 19.0 Å². The molecule has 1 N–H and O–H groups in total. The zero-order valence-electron chi connectivity index (χ0n) is 17.5. The van der Waals surface area contributed by atoms with Crippen molar-refractivity contribution >= 4 is 32.7 Å². The van der Waals surface area contributed by atoms with Gasteiger partial charge in [0.15, 0.2) is 0 Å². The standard InChI is InChI=1S/C22H22F2N2O5S/c1-13-17-9-14(6-7-18(17)31-12-19(23)24)10-20(27)26(2)11-15-4-3-5-16(8-15)25-22(28)21(13)32(29)30/h3-9,13,19H,10-12H2,1-2H3,(H,25,28). The maximum atomic E-state index is 12.9. The lowest BCUT2D eigenvalue weighted by Crippen LogP contribution is -2.30. The Morgan fingerprint density at radius 1 is 1.16 bits per heavy atom. The predicted octanol–water partition coefficient (Wildman–Crippen LogP) is 2.64. The first-order valence-corrected chi connectivity index (χ1v) is 10.9. The van der Waals surface area contributed by atoms with Crippen molar-refractivity contribution in [3.05, 3.63) is 59.2 Å². The van der Waals surface area contributed by atoms with Crippen LogP contribution in [0.2, 0.25) is 0 Å². The van der Waals surface area contributed by atoms with E-state index in [1.54, 1.807) is 37.4 Å². The third-order valence-corrected chi connectivity index (χ3v) is 5.99. The topological polar surface area (TPSA) is 92.8 Å². The molecule has 1 aliphatic heterocycles. The molecule has 1 heterocycles. The summed E-state index contributed by atoms with van der Waals surface area (Å²) in [6.45, 7) is 0.857. The molecule has 0 fully saturated rings. The van der Waals surface area contributed by atoms with Crippen LogP contribution in [0.5, 0.6) is 5.75 Å². The Morgan fingerprint density at radius 2 is 1.91 bits per heavy atom. The second-order valence-electron chi connectivity index (χ2n) is 7.48. The monoisotopic (exact) mass is 464 g/mol. The summed E-state index contributed by atoms with van der Waals surface area (Å²) in [5.74, 6) is -2.02. The van der Waals surface area contributed by atoms with Crippen LogP contribution < -0.4 is 10.1 Å². The zero-order valence-corrected chi connectivity index (χ0v) is 18.3. The molecule has 7 nitrogen and oxygen atoms in total. The molecule has 3 rings (SSSR count). The molecule has 0 aliphatic carbocycles. The summed E-state index contributed by atoms with van der Waals surface area (Å²) in [7, 11) is -1.25. The molecule has 1 atom stereocenters. The summed E-state index contributed by atoms with van der Waals surface area (Å²) in [5.41, 5.74) is 1.88. The SMILES string of the molecule is CC1C(=S(=O)=O)C(=O)Nc2cccc(c2)CN(C)C(=O)Cc2ccc(OCC(F)F)c1c2. The molecule has 32 heavy (non-hydrogen) atoms. The van der Waals surface area contributed by atoms with E-state index in [1.807, 2.05) is 0 Å². The highest BCUT2D eigenvalue weighted by molar-refractivity contribution is 7.75. The van der Waals surface area contributed by atoms with Crippen LogP contribution in [0.1, 0.15) is 29.5 Å². The van der Waals surface area contributed by atoms with Crippen LogP contribution in [0.25, 0.3) is 0 Å². The van der Waals surface area contributed by atoms with Crippen LogP contribution in [0.3, 0.4) is 0 Å². The van der Waals surface area contributed by atoms with Crippen molar-refractivity contribution in [3.8, 4) is 5.75 Å². The third kappa shape index (κ3) is 5.50. The maximum absolute atomic E-state index is 12.9. The van der Waals surface area contributed by atoms with Crippen LogP contribution in [0, 0.1) is 0 Å². The summed E-state index contributed by atoms with van der Waals surface area (Å²) in [6, 6.07) is 11.2. The van der Waals surface area contributed by atoms with Gasteiger partial charge in [0.05, 0.1) is 6.42 Å². The van der Waals surface area contributed by atoms with Crippen molar-refractivity contribution in [3.63, 3.8) is 0 Å². The highest BCUT2D eigenvalue weighted by atomic mass is 32.2. The quantitative estimate of drug-likeness (QED) is 0.705. The van der Waals surface area contributed by atoms with Crippen molar-refractivity contribution in [2.45, 2.75) is 32.2 Å². The lowest BCUT2D eigenvalue weighted by atomic mass is 9.93. The Bertz CT molecular complexity index is 1170. The van der Waals surface area contributed by atoms with Crippen LogP contribution in [0.15, 0.2) is 42.5 Å². The van der Waals surface area contributed by atoms with E-state index in [1.165, 1.54) is 24.0 Å². The molecule has 2 aromatic carbocycles. The lowest BCUT2D eigenvalue weighted by Gasteiger charge is -2.21. The first-order chi connectivity index (χ1) is 15.2. The number of alkyl halides is 2. The largest absolute Gasteiger partial charge is 0.487 e. The van der Waals surface area contributed by atoms with E-state index in [9.17, 15) is 26.8 Å². The van der Waals surface area contributed by atoms with Gasteiger partial charge in [-0.3, -0.25) is 9.59 Å². The van der Waals surface area contributed by atoms with Crippen molar-refractivity contribution in [2.24, 2.45) is 0 Å². The number of hydrogen-bond acceptors (Lipinski definition) is 5. The van der Waals surface area contributed by atoms with Gasteiger partial charge in [-0.25, -0.2) is 8.78 Å². The number of hydrogen-bond donors (Lipinski definition) is 1. The average molecular weight is 464 g/mol. The van der Waals surface area contributed by atoms with E-state index in [2.05, 4.69) is 5.32 Å². The number of carbonyl (C=O) groups excluding carboxylic acids is 2. The first kappa shape index (κ1) is 23.4. The molecule has 170 valence electrons. The first-order valence-electron chi connectivity index (χ1n) is 9.79. The van der Waals surface area contributed by atoms with E-state index in [0.29, 0.717) is 11.3 Å². The number of anilines is 1. The molecule has 0 saturated carbocycles. The number of fused-ring (bicyclic) bond motifs is 4. The summed E-state index contributed by atoms with van der Waals surface area (Å²) in [4.78, 5) is 26.6. The van der Waals surface area contributed by atoms with E-state index in [-0.39, 0.29) is 30.2 Å². The van der Waals surface area contributed by atoms with Crippen molar-refractivity contribution in [1.82, 2.24) is 4.90 Å². The molecule has 0 saturated heterocycles. The smallest absolute Gasteiger partial charge is 0.272 e. The number of nitrogens with zero attached hydrogens (tertiary/aromatic N) is 1. The second kappa shape index (κ2) is 9.90. The fraction of sp³-hybridized carbons (Fsp3) is 0.318. The molecule has 2 aromatic rings. The van der Waals surface area contributed by atoms with Gasteiger partial charge in [-0.1, -0.05) is 31.2 Å². The van der Waals surface area contributed by atoms with Gasteiger partial charge >= 0.3 is 0 Å². The van der Waals surface area contributed by atoms with Gasteiger partial charge < -0.3 is 15.0 Å². The number of rotatable bonds is 3. The number of ether oxygens (including phenoxy) is 1. The molecular formula is C22H22F2N2O5S. The summed E-state index contributed by atoms with van der Waals surface area (Å²) in [5, 5.41) is 2.57. The molecular weight excluding hydrogens is 442 g/mol. The molecule has 4 bridgehead atoms. The Kier molecular flexibility index (Phi) is 7.24. The fourth-order valence-corrected chi connectivity index (χ4v) is 4.12. The minimum absolute atomic E-state index is 0.00698. The molecule has 10 heteroatoms. The number of amides is 2. The van der Waals surface area contributed by atoms with Gasteiger partial charge in [0.1, 0.15) is 17.2 Å². The van der Waals surface area contributed by atoms with Crippen LogP contribution >= 0.6 is 0 Å².